The Bertz CT molecular complexity index is 440. The highest BCUT2D eigenvalue weighted by atomic mass is 32.2. The average Bonchev–Trinajstić information content (AvgIpc) is 2.36. The number of carboxylic acids is 1. The Morgan fingerprint density at radius 3 is 2.63 bits per heavy atom. The number of alkyl halides is 2. The zero-order chi connectivity index (χ0) is 14.4. The maximum Gasteiger partial charge on any atom is 0.387 e. The van der Waals surface area contributed by atoms with Crippen LogP contribution in [0.1, 0.15) is 12.5 Å². The lowest BCUT2D eigenvalue weighted by Crippen LogP contribution is -2.11. The second-order valence-electron chi connectivity index (χ2n) is 3.66. The van der Waals surface area contributed by atoms with Gasteiger partial charge >= 0.3 is 12.6 Å². The topological polar surface area (TPSA) is 55.8 Å². The number of aliphatic carboxylic acids is 1. The summed E-state index contributed by atoms with van der Waals surface area (Å²) in [5.41, 5.74) is 0.775. The van der Waals surface area contributed by atoms with Gasteiger partial charge in [0.2, 0.25) is 0 Å². The van der Waals surface area contributed by atoms with E-state index < -0.39 is 17.8 Å². The molecule has 0 fully saturated rings. The molecule has 0 spiro atoms. The standard InChI is InChI=1S/C12H14F2O4S/c1-7(11(15)16)19-6-8-3-4-9(18-12(13)14)10(5-8)17-2/h3-5,7,12H,6H2,1-2H3,(H,15,16). The molecule has 1 N–H and O–H groups in total. The lowest BCUT2D eigenvalue weighted by Gasteiger charge is -2.12. The normalized spacial score (nSPS) is 12.3. The SMILES string of the molecule is COc1cc(CSC(C)C(=O)O)ccc1OC(F)F. The van der Waals surface area contributed by atoms with Crippen LogP contribution in [0.5, 0.6) is 11.5 Å². The zero-order valence-electron chi connectivity index (χ0n) is 10.4. The summed E-state index contributed by atoms with van der Waals surface area (Å²) in [6.07, 6.45) is 0. The van der Waals surface area contributed by atoms with Gasteiger partial charge in [0.15, 0.2) is 11.5 Å². The number of thioether (sulfide) groups is 1. The van der Waals surface area contributed by atoms with Gasteiger partial charge in [0, 0.05) is 5.75 Å². The van der Waals surface area contributed by atoms with Crippen molar-refractivity contribution in [1.82, 2.24) is 0 Å². The summed E-state index contributed by atoms with van der Waals surface area (Å²) in [6.45, 7) is -1.33. The van der Waals surface area contributed by atoms with Gasteiger partial charge < -0.3 is 14.6 Å². The fourth-order valence-electron chi connectivity index (χ4n) is 1.29. The summed E-state index contributed by atoms with van der Waals surface area (Å²) in [7, 11) is 1.35. The van der Waals surface area contributed by atoms with Gasteiger partial charge in [0.1, 0.15) is 0 Å². The first-order valence-electron chi connectivity index (χ1n) is 5.40. The molecule has 1 atom stereocenters. The molecule has 1 unspecified atom stereocenters. The van der Waals surface area contributed by atoms with Gasteiger partial charge in [-0.25, -0.2) is 0 Å². The third-order valence-corrected chi connectivity index (χ3v) is 3.49. The van der Waals surface area contributed by atoms with Crippen molar-refractivity contribution >= 4 is 17.7 Å². The molecule has 0 saturated carbocycles. The van der Waals surface area contributed by atoms with E-state index in [-0.39, 0.29) is 11.5 Å². The van der Waals surface area contributed by atoms with Crippen LogP contribution in [-0.2, 0) is 10.5 Å². The van der Waals surface area contributed by atoms with Crippen molar-refractivity contribution in [2.75, 3.05) is 7.11 Å². The van der Waals surface area contributed by atoms with Crippen LogP contribution in [0, 0.1) is 0 Å². The third-order valence-electron chi connectivity index (χ3n) is 2.29. The van der Waals surface area contributed by atoms with E-state index in [0.29, 0.717) is 5.75 Å². The number of carboxylic acid groups (broad SMARTS) is 1. The van der Waals surface area contributed by atoms with Gasteiger partial charge in [-0.3, -0.25) is 4.79 Å². The molecule has 19 heavy (non-hydrogen) atoms. The summed E-state index contributed by atoms with van der Waals surface area (Å²) >= 11 is 1.23. The largest absolute Gasteiger partial charge is 0.493 e. The molecule has 0 saturated heterocycles. The first kappa shape index (κ1) is 15.6. The number of hydrogen-bond donors (Lipinski definition) is 1. The van der Waals surface area contributed by atoms with Crippen molar-refractivity contribution in [2.45, 2.75) is 24.5 Å². The molecule has 106 valence electrons. The van der Waals surface area contributed by atoms with Crippen LogP contribution < -0.4 is 9.47 Å². The van der Waals surface area contributed by atoms with Crippen LogP contribution >= 0.6 is 11.8 Å². The number of benzene rings is 1. The number of rotatable bonds is 7. The van der Waals surface area contributed by atoms with Crippen LogP contribution in [0.25, 0.3) is 0 Å². The van der Waals surface area contributed by atoms with Crippen LogP contribution in [0.15, 0.2) is 18.2 Å². The predicted octanol–water partition coefficient (Wildman–Crippen LogP) is 3.00. The summed E-state index contributed by atoms with van der Waals surface area (Å²) in [5.74, 6) is -0.299. The van der Waals surface area contributed by atoms with Gasteiger partial charge in [-0.2, -0.15) is 8.78 Å². The Balaban J connectivity index is 2.73. The van der Waals surface area contributed by atoms with Crippen molar-refractivity contribution in [3.8, 4) is 11.5 Å². The molecule has 0 aromatic heterocycles. The van der Waals surface area contributed by atoms with E-state index in [1.165, 1.54) is 24.9 Å². The van der Waals surface area contributed by atoms with Gasteiger partial charge in [0.25, 0.3) is 0 Å². The fraction of sp³-hybridized carbons (Fsp3) is 0.417. The summed E-state index contributed by atoms with van der Waals surface area (Å²) in [5, 5.41) is 8.22. The second-order valence-corrected chi connectivity index (χ2v) is 4.98. The van der Waals surface area contributed by atoms with Crippen LogP contribution in [0.4, 0.5) is 8.78 Å². The molecular weight excluding hydrogens is 278 g/mol. The second kappa shape index (κ2) is 7.18. The predicted molar refractivity (Wildman–Crippen MR) is 68.0 cm³/mol. The number of methoxy groups -OCH3 is 1. The van der Waals surface area contributed by atoms with Crippen molar-refractivity contribution in [2.24, 2.45) is 0 Å². The van der Waals surface area contributed by atoms with E-state index >= 15 is 0 Å². The highest BCUT2D eigenvalue weighted by Gasteiger charge is 2.14. The summed E-state index contributed by atoms with van der Waals surface area (Å²) in [6, 6.07) is 4.54. The number of carbonyl (C=O) groups is 1. The highest BCUT2D eigenvalue weighted by molar-refractivity contribution is 7.99. The minimum Gasteiger partial charge on any atom is -0.493 e. The Morgan fingerprint density at radius 1 is 1.42 bits per heavy atom. The molecule has 4 nitrogen and oxygen atoms in total. The van der Waals surface area contributed by atoms with E-state index in [4.69, 9.17) is 9.84 Å². The maximum absolute atomic E-state index is 12.1. The number of ether oxygens (including phenoxy) is 2. The average molecular weight is 292 g/mol. The summed E-state index contributed by atoms with van der Waals surface area (Å²) in [4.78, 5) is 10.7. The summed E-state index contributed by atoms with van der Waals surface area (Å²) < 4.78 is 33.5. The van der Waals surface area contributed by atoms with Crippen molar-refractivity contribution in [1.29, 1.82) is 0 Å². The van der Waals surface area contributed by atoms with E-state index in [1.807, 2.05) is 0 Å². The Labute approximate surface area is 113 Å². The van der Waals surface area contributed by atoms with Gasteiger partial charge in [-0.05, 0) is 24.6 Å². The number of hydrogen-bond acceptors (Lipinski definition) is 4. The molecule has 7 heteroatoms. The van der Waals surface area contributed by atoms with Gasteiger partial charge in [0.05, 0.1) is 12.4 Å². The van der Waals surface area contributed by atoms with E-state index in [0.717, 1.165) is 5.56 Å². The molecule has 1 aromatic carbocycles. The molecule has 1 aromatic rings. The molecule has 0 aliphatic carbocycles. The molecule has 0 radical (unpaired) electrons. The van der Waals surface area contributed by atoms with Crippen molar-refractivity contribution < 1.29 is 28.2 Å². The third kappa shape index (κ3) is 4.94. The van der Waals surface area contributed by atoms with E-state index in [9.17, 15) is 13.6 Å². The Hall–Kier alpha value is -1.50. The highest BCUT2D eigenvalue weighted by Crippen LogP contribution is 2.31. The molecule has 0 bridgehead atoms. The smallest absolute Gasteiger partial charge is 0.387 e. The molecular formula is C12H14F2O4S. The quantitative estimate of drug-likeness (QED) is 0.837. The van der Waals surface area contributed by atoms with E-state index in [1.54, 1.807) is 19.1 Å². The first-order chi connectivity index (χ1) is 8.93. The van der Waals surface area contributed by atoms with E-state index in [2.05, 4.69) is 4.74 Å². The monoisotopic (exact) mass is 292 g/mol. The van der Waals surface area contributed by atoms with Gasteiger partial charge in [-0.1, -0.05) is 6.07 Å². The zero-order valence-corrected chi connectivity index (χ0v) is 11.2. The Morgan fingerprint density at radius 2 is 2.11 bits per heavy atom. The van der Waals surface area contributed by atoms with Crippen LogP contribution in [-0.4, -0.2) is 30.0 Å². The number of halogens is 2. The van der Waals surface area contributed by atoms with Gasteiger partial charge in [-0.15, -0.1) is 11.8 Å². The lowest BCUT2D eigenvalue weighted by atomic mass is 10.2. The first-order valence-corrected chi connectivity index (χ1v) is 6.45. The minimum absolute atomic E-state index is 0.0440. The Kier molecular flexibility index (Phi) is 5.88. The molecule has 0 heterocycles. The molecule has 0 amide bonds. The van der Waals surface area contributed by atoms with Crippen molar-refractivity contribution in [3.05, 3.63) is 23.8 Å². The van der Waals surface area contributed by atoms with Crippen LogP contribution in [0.2, 0.25) is 0 Å². The fourth-order valence-corrected chi connectivity index (χ4v) is 2.05. The van der Waals surface area contributed by atoms with Crippen LogP contribution in [0.3, 0.4) is 0 Å². The lowest BCUT2D eigenvalue weighted by molar-refractivity contribution is -0.136. The molecule has 0 aliphatic heterocycles. The minimum atomic E-state index is -2.92. The molecule has 0 aliphatic rings. The molecule has 1 rings (SSSR count). The maximum atomic E-state index is 12.1. The van der Waals surface area contributed by atoms with Crippen molar-refractivity contribution in [3.63, 3.8) is 0 Å².